The molecule has 0 spiro atoms. The lowest BCUT2D eigenvalue weighted by atomic mass is 10.2. The van der Waals surface area contributed by atoms with Crippen LogP contribution in [0, 0.1) is 0 Å². The molecule has 1 aromatic rings. The van der Waals surface area contributed by atoms with E-state index in [1.807, 2.05) is 11.5 Å². The van der Waals surface area contributed by atoms with Crippen LogP contribution in [0.1, 0.15) is 38.3 Å². The van der Waals surface area contributed by atoms with E-state index in [9.17, 15) is 19.5 Å². The summed E-state index contributed by atoms with van der Waals surface area (Å²) in [6.07, 6.45) is 3.80. The number of carbonyl (C=O) groups is 2. The van der Waals surface area contributed by atoms with Crippen molar-refractivity contribution in [1.82, 2.24) is 4.57 Å². The number of rotatable bonds is 10. The van der Waals surface area contributed by atoms with Gasteiger partial charge in [0.1, 0.15) is 5.78 Å². The molecule has 0 saturated carbocycles. The van der Waals surface area contributed by atoms with Crippen molar-refractivity contribution in [1.29, 1.82) is 0 Å². The van der Waals surface area contributed by atoms with Crippen LogP contribution in [-0.2, 0) is 27.3 Å². The van der Waals surface area contributed by atoms with Gasteiger partial charge in [-0.05, 0) is 19.3 Å². The summed E-state index contributed by atoms with van der Waals surface area (Å²) in [5.74, 6) is -0.764. The zero-order chi connectivity index (χ0) is 17.2. The molecule has 0 saturated heterocycles. The van der Waals surface area contributed by atoms with Crippen LogP contribution < -0.4 is 11.2 Å². The molecule has 0 aliphatic rings. The van der Waals surface area contributed by atoms with Crippen LogP contribution >= 0.6 is 0 Å². The van der Waals surface area contributed by atoms with Gasteiger partial charge in [-0.3, -0.25) is 14.4 Å². The van der Waals surface area contributed by atoms with Crippen molar-refractivity contribution in [3.8, 4) is 5.75 Å². The van der Waals surface area contributed by atoms with Crippen LogP contribution in [0.15, 0.2) is 17.1 Å². The number of nitrogens with zero attached hydrogens (tertiary/aromatic N) is 1. The van der Waals surface area contributed by atoms with Crippen LogP contribution in [0.3, 0.4) is 0 Å². The van der Waals surface area contributed by atoms with E-state index in [1.165, 1.54) is 6.07 Å². The summed E-state index contributed by atoms with van der Waals surface area (Å²) in [6, 6.07) is 1.34. The van der Waals surface area contributed by atoms with Crippen LogP contribution in [-0.4, -0.2) is 34.6 Å². The SMILES string of the molecule is CCc1c(O)c(=O)ccn1CCCCOC(=O)CCC(=O)CN. The lowest BCUT2D eigenvalue weighted by Gasteiger charge is -2.13. The number of hydrogen-bond acceptors (Lipinski definition) is 6. The number of aryl methyl sites for hydroxylation is 1. The van der Waals surface area contributed by atoms with E-state index in [0.29, 0.717) is 25.1 Å². The number of esters is 1. The van der Waals surface area contributed by atoms with Crippen molar-refractivity contribution < 1.29 is 19.4 Å². The Labute approximate surface area is 135 Å². The van der Waals surface area contributed by atoms with Gasteiger partial charge < -0.3 is 20.1 Å². The molecule has 0 aliphatic carbocycles. The minimum atomic E-state index is -0.401. The molecule has 0 bridgehead atoms. The van der Waals surface area contributed by atoms with Crippen LogP contribution in [0.2, 0.25) is 0 Å². The lowest BCUT2D eigenvalue weighted by molar-refractivity contribution is -0.144. The number of unbranched alkanes of at least 4 members (excludes halogenated alkanes) is 1. The highest BCUT2D eigenvalue weighted by molar-refractivity contribution is 5.84. The average Bonchev–Trinajstić information content (AvgIpc) is 2.55. The summed E-state index contributed by atoms with van der Waals surface area (Å²) >= 11 is 0. The summed E-state index contributed by atoms with van der Waals surface area (Å²) in [5.41, 5.74) is 5.39. The van der Waals surface area contributed by atoms with Gasteiger partial charge in [0.05, 0.1) is 25.3 Å². The number of pyridine rings is 1. The molecule has 1 aromatic heterocycles. The normalized spacial score (nSPS) is 10.5. The van der Waals surface area contributed by atoms with Crippen LogP contribution in [0.25, 0.3) is 0 Å². The fraction of sp³-hybridized carbons (Fsp3) is 0.562. The number of aromatic hydroxyl groups is 1. The van der Waals surface area contributed by atoms with E-state index in [0.717, 1.165) is 6.42 Å². The van der Waals surface area contributed by atoms with Gasteiger partial charge in [-0.25, -0.2) is 0 Å². The van der Waals surface area contributed by atoms with Crippen molar-refractivity contribution in [2.24, 2.45) is 5.73 Å². The van der Waals surface area contributed by atoms with Crippen molar-refractivity contribution in [3.05, 3.63) is 28.2 Å². The maximum atomic E-state index is 11.4. The summed E-state index contributed by atoms with van der Waals surface area (Å²) in [5, 5.41) is 9.74. The molecule has 0 aliphatic heterocycles. The Hall–Kier alpha value is -2.15. The first-order chi connectivity index (χ1) is 11.0. The van der Waals surface area contributed by atoms with Crippen molar-refractivity contribution in [2.45, 2.75) is 45.6 Å². The highest BCUT2D eigenvalue weighted by Gasteiger charge is 2.08. The monoisotopic (exact) mass is 324 g/mol. The van der Waals surface area contributed by atoms with Gasteiger partial charge in [-0.1, -0.05) is 6.92 Å². The number of nitrogens with two attached hydrogens (primary N) is 1. The number of ether oxygens (including phenoxy) is 1. The number of hydrogen-bond donors (Lipinski definition) is 2. The maximum Gasteiger partial charge on any atom is 0.306 e. The quantitative estimate of drug-likeness (QED) is 0.485. The molecule has 0 fully saturated rings. The minimum Gasteiger partial charge on any atom is -0.503 e. The molecule has 7 heteroatoms. The highest BCUT2D eigenvalue weighted by Crippen LogP contribution is 2.12. The number of aromatic nitrogens is 1. The smallest absolute Gasteiger partial charge is 0.306 e. The Morgan fingerprint density at radius 2 is 2.04 bits per heavy atom. The topological polar surface area (TPSA) is 112 Å². The third-order valence-electron chi connectivity index (χ3n) is 3.49. The Morgan fingerprint density at radius 3 is 2.70 bits per heavy atom. The molecule has 0 aromatic carbocycles. The van der Waals surface area contributed by atoms with Crippen LogP contribution in [0.4, 0.5) is 0 Å². The van der Waals surface area contributed by atoms with Crippen molar-refractivity contribution in [2.75, 3.05) is 13.2 Å². The molecule has 0 radical (unpaired) electrons. The first kappa shape index (κ1) is 18.9. The van der Waals surface area contributed by atoms with Crippen molar-refractivity contribution >= 4 is 11.8 Å². The first-order valence-corrected chi connectivity index (χ1v) is 7.78. The van der Waals surface area contributed by atoms with Gasteiger partial charge in [-0.2, -0.15) is 0 Å². The third kappa shape index (κ3) is 6.23. The Morgan fingerprint density at radius 1 is 1.30 bits per heavy atom. The van der Waals surface area contributed by atoms with Gasteiger partial charge in [0.2, 0.25) is 5.43 Å². The lowest BCUT2D eigenvalue weighted by Crippen LogP contribution is -2.16. The molecule has 7 nitrogen and oxygen atoms in total. The second-order valence-electron chi connectivity index (χ2n) is 5.19. The fourth-order valence-corrected chi connectivity index (χ4v) is 2.17. The Bertz CT molecular complexity index is 595. The third-order valence-corrected chi connectivity index (χ3v) is 3.49. The van der Waals surface area contributed by atoms with Gasteiger partial charge in [-0.15, -0.1) is 0 Å². The van der Waals surface area contributed by atoms with Gasteiger partial charge in [0.25, 0.3) is 0 Å². The van der Waals surface area contributed by atoms with E-state index in [2.05, 4.69) is 0 Å². The number of ketones is 1. The molecule has 128 valence electrons. The molecule has 1 heterocycles. The van der Waals surface area contributed by atoms with Gasteiger partial charge in [0, 0.05) is 25.2 Å². The van der Waals surface area contributed by atoms with E-state index in [1.54, 1.807) is 6.20 Å². The average molecular weight is 324 g/mol. The second-order valence-corrected chi connectivity index (χ2v) is 5.19. The standard InChI is InChI=1S/C16H24N2O5/c1-2-13-16(22)14(20)7-9-18(13)8-3-4-10-23-15(21)6-5-12(19)11-17/h7,9,22H,2-6,8,10-11,17H2,1H3. The van der Waals surface area contributed by atoms with E-state index < -0.39 is 5.97 Å². The zero-order valence-electron chi connectivity index (χ0n) is 13.4. The Kier molecular flexibility index (Phi) is 8.04. The van der Waals surface area contributed by atoms with Crippen LogP contribution in [0.5, 0.6) is 5.75 Å². The van der Waals surface area contributed by atoms with Crippen molar-refractivity contribution in [3.63, 3.8) is 0 Å². The van der Waals surface area contributed by atoms with E-state index in [4.69, 9.17) is 10.5 Å². The molecule has 23 heavy (non-hydrogen) atoms. The zero-order valence-corrected chi connectivity index (χ0v) is 13.4. The second kappa shape index (κ2) is 9.78. The molecule has 0 atom stereocenters. The predicted molar refractivity (Wildman–Crippen MR) is 85.2 cm³/mol. The molecule has 0 amide bonds. The molecule has 1 rings (SSSR count). The molecule has 3 N–H and O–H groups in total. The van der Waals surface area contributed by atoms with E-state index >= 15 is 0 Å². The van der Waals surface area contributed by atoms with Gasteiger partial charge >= 0.3 is 5.97 Å². The summed E-state index contributed by atoms with van der Waals surface area (Å²) in [7, 11) is 0. The van der Waals surface area contributed by atoms with E-state index in [-0.39, 0.29) is 43.0 Å². The largest absolute Gasteiger partial charge is 0.503 e. The molecular weight excluding hydrogens is 300 g/mol. The summed E-state index contributed by atoms with van der Waals surface area (Å²) in [6.45, 7) is 2.72. The van der Waals surface area contributed by atoms with Gasteiger partial charge in [0.15, 0.2) is 5.75 Å². The molecule has 0 unspecified atom stereocenters. The summed E-state index contributed by atoms with van der Waals surface area (Å²) < 4.78 is 6.87. The minimum absolute atomic E-state index is 0.0563. The summed E-state index contributed by atoms with van der Waals surface area (Å²) in [4.78, 5) is 33.8. The number of Topliss-reactive ketones (excluding diaryl/α,β-unsaturated/α-hetero) is 1. The Balaban J connectivity index is 2.30. The predicted octanol–water partition coefficient (Wildman–Crippen LogP) is 0.748. The number of carbonyl (C=O) groups excluding carboxylic acids is 2. The first-order valence-electron chi connectivity index (χ1n) is 7.78. The fourth-order valence-electron chi connectivity index (χ4n) is 2.17. The molecular formula is C16H24N2O5. The maximum absolute atomic E-state index is 11.4. The highest BCUT2D eigenvalue weighted by atomic mass is 16.5.